The zero-order valence-corrected chi connectivity index (χ0v) is 7.16. The molecule has 0 aromatic carbocycles. The summed E-state index contributed by atoms with van der Waals surface area (Å²) in [6.07, 6.45) is 0.0741. The first-order chi connectivity index (χ1) is 5.99. The van der Waals surface area contributed by atoms with Crippen LogP contribution in [0.25, 0.3) is 0 Å². The van der Waals surface area contributed by atoms with Gasteiger partial charge in [-0.25, -0.2) is 0 Å². The van der Waals surface area contributed by atoms with E-state index in [1.807, 2.05) is 0 Å². The van der Waals surface area contributed by atoms with Crippen molar-refractivity contribution in [2.45, 2.75) is 18.9 Å². The van der Waals surface area contributed by atoms with Crippen LogP contribution in [0.1, 0.15) is 12.8 Å². The second-order valence-corrected chi connectivity index (χ2v) is 2.60. The molecule has 6 heteroatoms. The van der Waals surface area contributed by atoms with Crippen molar-refractivity contribution >= 4 is 17.5 Å². The number of carbonyl (C=O) groups is 3. The smallest absolute Gasteiger partial charge is 0.217 e. The third-order valence-corrected chi connectivity index (χ3v) is 1.50. The fourth-order valence-electron chi connectivity index (χ4n) is 0.736. The van der Waals surface area contributed by atoms with E-state index in [-0.39, 0.29) is 19.4 Å². The quantitative estimate of drug-likeness (QED) is 0.402. The fourth-order valence-corrected chi connectivity index (χ4v) is 0.736. The first kappa shape index (κ1) is 11.7. The second-order valence-electron chi connectivity index (χ2n) is 2.60. The summed E-state index contributed by atoms with van der Waals surface area (Å²) in [6, 6.07) is -0.969. The molecule has 0 aliphatic heterocycles. The maximum atomic E-state index is 11.0. The number of carbonyl (C=O) groups excluding carboxylic acids is 3. The van der Waals surface area contributed by atoms with E-state index in [0.29, 0.717) is 0 Å². The van der Waals surface area contributed by atoms with Gasteiger partial charge in [-0.1, -0.05) is 0 Å². The highest BCUT2D eigenvalue weighted by atomic mass is 16.2. The van der Waals surface area contributed by atoms with E-state index >= 15 is 0 Å². The summed E-state index contributed by atoms with van der Waals surface area (Å²) in [5.74, 6) is -2.02. The highest BCUT2D eigenvalue weighted by Crippen LogP contribution is 1.95. The average Bonchev–Trinajstić information content (AvgIpc) is 2.11. The normalized spacial score (nSPS) is 12.2. The van der Waals surface area contributed by atoms with E-state index in [4.69, 9.17) is 17.2 Å². The predicted octanol–water partition coefficient (Wildman–Crippen LogP) is -2.32. The Morgan fingerprint density at radius 3 is 2.15 bits per heavy atom. The molecule has 0 aliphatic carbocycles. The van der Waals surface area contributed by atoms with Gasteiger partial charge in [-0.2, -0.15) is 0 Å². The van der Waals surface area contributed by atoms with E-state index in [0.717, 1.165) is 0 Å². The highest BCUT2D eigenvalue weighted by molar-refractivity contribution is 6.39. The summed E-state index contributed by atoms with van der Waals surface area (Å²) in [7, 11) is 0. The van der Waals surface area contributed by atoms with E-state index in [1.165, 1.54) is 0 Å². The number of primary amides is 1. The van der Waals surface area contributed by atoms with Gasteiger partial charge >= 0.3 is 0 Å². The molecule has 1 amide bonds. The van der Waals surface area contributed by atoms with Crippen LogP contribution in [0.2, 0.25) is 0 Å². The third-order valence-electron chi connectivity index (χ3n) is 1.50. The van der Waals surface area contributed by atoms with Crippen LogP contribution in [0.15, 0.2) is 0 Å². The molecule has 0 aromatic rings. The van der Waals surface area contributed by atoms with Crippen molar-refractivity contribution in [3.63, 3.8) is 0 Å². The Morgan fingerprint density at radius 1 is 1.23 bits per heavy atom. The standard InChI is InChI=1S/C7H13N3O3/c8-3-5(11)7(13)4(9)1-2-6(10)12/h4H,1-3,8-9H2,(H2,10,12)/t4-/m0/s1. The SMILES string of the molecule is NCC(=O)C(=O)[C@@H](N)CCC(N)=O. The van der Waals surface area contributed by atoms with Gasteiger partial charge in [-0.3, -0.25) is 14.4 Å². The van der Waals surface area contributed by atoms with Gasteiger partial charge in [-0.15, -0.1) is 0 Å². The Labute approximate surface area is 75.4 Å². The first-order valence-electron chi connectivity index (χ1n) is 3.80. The van der Waals surface area contributed by atoms with Crippen molar-refractivity contribution in [3.05, 3.63) is 0 Å². The molecular weight excluding hydrogens is 174 g/mol. The van der Waals surface area contributed by atoms with Crippen molar-refractivity contribution < 1.29 is 14.4 Å². The monoisotopic (exact) mass is 187 g/mol. The van der Waals surface area contributed by atoms with Crippen molar-refractivity contribution in [3.8, 4) is 0 Å². The summed E-state index contributed by atoms with van der Waals surface area (Å²) in [4.78, 5) is 32.0. The minimum Gasteiger partial charge on any atom is -0.370 e. The average molecular weight is 187 g/mol. The Kier molecular flexibility index (Phi) is 4.86. The van der Waals surface area contributed by atoms with Crippen LogP contribution in [-0.2, 0) is 14.4 Å². The highest BCUT2D eigenvalue weighted by Gasteiger charge is 2.20. The minimum atomic E-state index is -0.969. The molecule has 0 aliphatic rings. The largest absolute Gasteiger partial charge is 0.370 e. The Hall–Kier alpha value is -1.27. The topological polar surface area (TPSA) is 129 Å². The summed E-state index contributed by atoms with van der Waals surface area (Å²) in [5, 5.41) is 0. The van der Waals surface area contributed by atoms with Gasteiger partial charge < -0.3 is 17.2 Å². The van der Waals surface area contributed by atoms with Crippen molar-refractivity contribution in [2.24, 2.45) is 17.2 Å². The Bertz CT molecular complexity index is 227. The molecule has 0 fully saturated rings. The van der Waals surface area contributed by atoms with Crippen molar-refractivity contribution in [1.82, 2.24) is 0 Å². The lowest BCUT2D eigenvalue weighted by atomic mass is 10.0. The lowest BCUT2D eigenvalue weighted by molar-refractivity contribution is -0.136. The van der Waals surface area contributed by atoms with E-state index in [9.17, 15) is 14.4 Å². The van der Waals surface area contributed by atoms with Crippen LogP contribution in [0.5, 0.6) is 0 Å². The molecule has 0 radical (unpaired) electrons. The zero-order valence-electron chi connectivity index (χ0n) is 7.16. The van der Waals surface area contributed by atoms with E-state index in [1.54, 1.807) is 0 Å². The molecule has 0 spiro atoms. The second kappa shape index (κ2) is 5.39. The molecule has 0 unspecified atom stereocenters. The first-order valence-corrected chi connectivity index (χ1v) is 3.80. The molecule has 6 N–H and O–H groups in total. The number of hydrogen-bond acceptors (Lipinski definition) is 5. The molecular formula is C7H13N3O3. The summed E-state index contributed by atoms with van der Waals surface area (Å²) in [6.45, 7) is -0.358. The van der Waals surface area contributed by atoms with Gasteiger partial charge in [0.15, 0.2) is 0 Å². The van der Waals surface area contributed by atoms with E-state index < -0.39 is 23.5 Å². The van der Waals surface area contributed by atoms with E-state index in [2.05, 4.69) is 0 Å². The van der Waals surface area contributed by atoms with Gasteiger partial charge in [0.2, 0.25) is 17.5 Å². The van der Waals surface area contributed by atoms with Crippen molar-refractivity contribution in [2.75, 3.05) is 6.54 Å². The van der Waals surface area contributed by atoms with Gasteiger partial charge in [0.1, 0.15) is 0 Å². The summed E-state index contributed by atoms with van der Waals surface area (Å²) < 4.78 is 0. The molecule has 0 bridgehead atoms. The molecule has 0 rings (SSSR count). The third kappa shape index (κ3) is 4.34. The Morgan fingerprint density at radius 2 is 1.77 bits per heavy atom. The van der Waals surface area contributed by atoms with Gasteiger partial charge in [0, 0.05) is 6.42 Å². The summed E-state index contributed by atoms with van der Waals surface area (Å²) >= 11 is 0. The molecule has 13 heavy (non-hydrogen) atoms. The molecule has 0 heterocycles. The van der Waals surface area contributed by atoms with Crippen LogP contribution in [0.4, 0.5) is 0 Å². The molecule has 0 aromatic heterocycles. The van der Waals surface area contributed by atoms with Crippen LogP contribution < -0.4 is 17.2 Å². The fraction of sp³-hybridized carbons (Fsp3) is 0.571. The number of hydrogen-bond donors (Lipinski definition) is 3. The van der Waals surface area contributed by atoms with Gasteiger partial charge in [-0.05, 0) is 6.42 Å². The minimum absolute atomic E-state index is 0.00917. The van der Waals surface area contributed by atoms with Gasteiger partial charge in [0.25, 0.3) is 0 Å². The van der Waals surface area contributed by atoms with Crippen LogP contribution in [-0.4, -0.2) is 30.1 Å². The lowest BCUT2D eigenvalue weighted by Gasteiger charge is -2.06. The number of rotatable bonds is 6. The number of Topliss-reactive ketones (excluding diaryl/α,β-unsaturated/α-hetero) is 2. The van der Waals surface area contributed by atoms with Crippen molar-refractivity contribution in [1.29, 1.82) is 0 Å². The number of nitrogens with two attached hydrogens (primary N) is 3. The molecule has 6 nitrogen and oxygen atoms in total. The predicted molar refractivity (Wildman–Crippen MR) is 45.5 cm³/mol. The maximum absolute atomic E-state index is 11.0. The maximum Gasteiger partial charge on any atom is 0.217 e. The lowest BCUT2D eigenvalue weighted by Crippen LogP contribution is -2.39. The molecule has 1 atom stereocenters. The number of amides is 1. The molecule has 0 saturated heterocycles. The summed E-state index contributed by atoms with van der Waals surface area (Å²) in [5.41, 5.74) is 15.1. The Balaban J connectivity index is 3.96. The number of ketones is 2. The van der Waals surface area contributed by atoms with Crippen LogP contribution in [0.3, 0.4) is 0 Å². The van der Waals surface area contributed by atoms with Crippen LogP contribution in [0, 0.1) is 0 Å². The molecule has 74 valence electrons. The zero-order chi connectivity index (χ0) is 10.4. The molecule has 0 saturated carbocycles. The van der Waals surface area contributed by atoms with Gasteiger partial charge in [0.05, 0.1) is 12.6 Å². The van der Waals surface area contributed by atoms with Crippen LogP contribution >= 0.6 is 0 Å².